The molecule has 7 heteroatoms. The zero-order valence-electron chi connectivity index (χ0n) is 9.41. The number of fused-ring (bicyclic) bond motifs is 1. The van der Waals surface area contributed by atoms with E-state index in [-0.39, 0.29) is 5.52 Å². The highest BCUT2D eigenvalue weighted by Crippen LogP contribution is 2.25. The molecule has 0 fully saturated rings. The van der Waals surface area contributed by atoms with Gasteiger partial charge in [-0.05, 0) is 46.3 Å². The van der Waals surface area contributed by atoms with E-state index < -0.39 is 11.6 Å². The Morgan fingerprint density at radius 1 is 1.37 bits per heavy atom. The standard InChI is InChI=1S/C12H7BrF2N2S2/c13-6-3-7(19-5-6)4-17-11-9(16-12(17)18)2-1-8(14)10(11)15/h1-3,5H,4H2,(H,16,18). The van der Waals surface area contributed by atoms with E-state index in [1.165, 1.54) is 17.4 Å². The third-order valence-corrected chi connectivity index (χ3v) is 4.77. The SMILES string of the molecule is Fc1ccc2[nH]c(=S)n(Cc3cc(Br)cs3)c2c1F. The molecular formula is C12H7BrF2N2S2. The number of hydrogen-bond acceptors (Lipinski definition) is 2. The summed E-state index contributed by atoms with van der Waals surface area (Å²) in [6.07, 6.45) is 0. The van der Waals surface area contributed by atoms with E-state index in [1.807, 2.05) is 11.4 Å². The first-order valence-corrected chi connectivity index (χ1v) is 7.44. The van der Waals surface area contributed by atoms with Crippen LogP contribution in [0.15, 0.2) is 28.1 Å². The van der Waals surface area contributed by atoms with Crippen LogP contribution in [0.4, 0.5) is 8.78 Å². The Kier molecular flexibility index (Phi) is 3.28. The Balaban J connectivity index is 2.20. The Hall–Kier alpha value is -1.05. The second-order valence-electron chi connectivity index (χ2n) is 4.01. The maximum atomic E-state index is 13.9. The lowest BCUT2D eigenvalue weighted by Gasteiger charge is -2.03. The molecular weight excluding hydrogens is 354 g/mol. The Bertz CT molecular complexity index is 819. The molecule has 0 unspecified atom stereocenters. The molecule has 0 saturated carbocycles. The first kappa shape index (κ1) is 13.0. The fourth-order valence-corrected chi connectivity index (χ4v) is 3.64. The minimum absolute atomic E-state index is 0.175. The number of rotatable bonds is 2. The van der Waals surface area contributed by atoms with Gasteiger partial charge in [0.1, 0.15) is 5.52 Å². The zero-order chi connectivity index (χ0) is 13.6. The van der Waals surface area contributed by atoms with Crippen molar-refractivity contribution in [1.29, 1.82) is 0 Å². The number of nitrogens with one attached hydrogen (secondary N) is 1. The smallest absolute Gasteiger partial charge is 0.184 e. The summed E-state index contributed by atoms with van der Waals surface area (Å²) in [6, 6.07) is 4.52. The lowest BCUT2D eigenvalue weighted by atomic mass is 10.3. The summed E-state index contributed by atoms with van der Waals surface area (Å²) in [5.41, 5.74) is 0.675. The van der Waals surface area contributed by atoms with Gasteiger partial charge in [-0.2, -0.15) is 0 Å². The number of aromatic amines is 1. The van der Waals surface area contributed by atoms with Crippen molar-refractivity contribution in [2.45, 2.75) is 6.54 Å². The summed E-state index contributed by atoms with van der Waals surface area (Å²) < 4.78 is 30.2. The number of imidazole rings is 1. The molecule has 98 valence electrons. The summed E-state index contributed by atoms with van der Waals surface area (Å²) in [5.74, 6) is -1.75. The van der Waals surface area contributed by atoms with Crippen molar-refractivity contribution >= 4 is 50.5 Å². The molecule has 0 aliphatic heterocycles. The van der Waals surface area contributed by atoms with Crippen LogP contribution in [0.1, 0.15) is 4.88 Å². The molecule has 0 aliphatic rings. The third kappa shape index (κ3) is 2.26. The maximum Gasteiger partial charge on any atom is 0.184 e. The van der Waals surface area contributed by atoms with Crippen molar-refractivity contribution in [3.8, 4) is 0 Å². The number of benzene rings is 1. The quantitative estimate of drug-likeness (QED) is 0.647. The Morgan fingerprint density at radius 3 is 2.84 bits per heavy atom. The summed E-state index contributed by atoms with van der Waals surface area (Å²) in [4.78, 5) is 3.89. The summed E-state index contributed by atoms with van der Waals surface area (Å²) in [6.45, 7) is 0.412. The molecule has 0 amide bonds. The van der Waals surface area contributed by atoms with Gasteiger partial charge in [0.2, 0.25) is 0 Å². The van der Waals surface area contributed by atoms with Crippen molar-refractivity contribution in [3.05, 3.63) is 49.3 Å². The molecule has 3 aromatic rings. The van der Waals surface area contributed by atoms with Crippen LogP contribution in [-0.2, 0) is 6.54 Å². The molecule has 0 atom stereocenters. The van der Waals surface area contributed by atoms with Crippen LogP contribution in [0.2, 0.25) is 0 Å². The molecule has 0 bridgehead atoms. The van der Waals surface area contributed by atoms with Crippen molar-refractivity contribution in [3.63, 3.8) is 0 Å². The molecule has 0 saturated heterocycles. The van der Waals surface area contributed by atoms with Crippen LogP contribution in [0.3, 0.4) is 0 Å². The van der Waals surface area contributed by atoms with E-state index in [9.17, 15) is 8.78 Å². The number of halogens is 3. The van der Waals surface area contributed by atoms with Crippen molar-refractivity contribution in [1.82, 2.24) is 9.55 Å². The van der Waals surface area contributed by atoms with Crippen molar-refractivity contribution in [2.24, 2.45) is 0 Å². The van der Waals surface area contributed by atoms with E-state index >= 15 is 0 Å². The Labute approximate surface area is 124 Å². The lowest BCUT2D eigenvalue weighted by Crippen LogP contribution is -2.00. The highest BCUT2D eigenvalue weighted by molar-refractivity contribution is 9.10. The van der Waals surface area contributed by atoms with Crippen LogP contribution in [0.5, 0.6) is 0 Å². The predicted octanol–water partition coefficient (Wildman–Crippen LogP) is 4.85. The van der Waals surface area contributed by atoms with Gasteiger partial charge in [-0.1, -0.05) is 0 Å². The summed E-state index contributed by atoms with van der Waals surface area (Å²) in [5, 5.41) is 1.94. The number of aromatic nitrogens is 2. The van der Waals surface area contributed by atoms with Gasteiger partial charge >= 0.3 is 0 Å². The van der Waals surface area contributed by atoms with E-state index in [4.69, 9.17) is 12.2 Å². The molecule has 19 heavy (non-hydrogen) atoms. The van der Waals surface area contributed by atoms with E-state index in [0.717, 1.165) is 15.4 Å². The highest BCUT2D eigenvalue weighted by atomic mass is 79.9. The van der Waals surface area contributed by atoms with Gasteiger partial charge in [0.15, 0.2) is 16.4 Å². The minimum Gasteiger partial charge on any atom is -0.330 e. The molecule has 0 radical (unpaired) electrons. The minimum atomic E-state index is -0.875. The molecule has 1 N–H and O–H groups in total. The molecule has 0 aliphatic carbocycles. The van der Waals surface area contributed by atoms with Crippen LogP contribution >= 0.6 is 39.5 Å². The lowest BCUT2D eigenvalue weighted by molar-refractivity contribution is 0.512. The van der Waals surface area contributed by atoms with Gasteiger partial charge in [-0.15, -0.1) is 11.3 Å². The topological polar surface area (TPSA) is 20.7 Å². The highest BCUT2D eigenvalue weighted by Gasteiger charge is 2.14. The first-order chi connectivity index (χ1) is 9.06. The molecule has 2 nitrogen and oxygen atoms in total. The average molecular weight is 361 g/mol. The first-order valence-electron chi connectivity index (χ1n) is 5.35. The predicted molar refractivity (Wildman–Crippen MR) is 78.2 cm³/mol. The zero-order valence-corrected chi connectivity index (χ0v) is 12.6. The second kappa shape index (κ2) is 4.81. The monoisotopic (exact) mass is 360 g/mol. The normalized spacial score (nSPS) is 11.3. The molecule has 0 spiro atoms. The fraction of sp³-hybridized carbons (Fsp3) is 0.0833. The van der Waals surface area contributed by atoms with Crippen LogP contribution < -0.4 is 0 Å². The Morgan fingerprint density at radius 2 is 2.16 bits per heavy atom. The third-order valence-electron chi connectivity index (χ3n) is 2.76. The molecule has 1 aromatic carbocycles. The van der Waals surface area contributed by atoms with Gasteiger partial charge in [0, 0.05) is 14.7 Å². The van der Waals surface area contributed by atoms with Crippen molar-refractivity contribution in [2.75, 3.05) is 0 Å². The number of hydrogen-bond donors (Lipinski definition) is 1. The second-order valence-corrected chi connectivity index (χ2v) is 6.30. The number of nitrogens with zero attached hydrogens (tertiary/aromatic N) is 1. The van der Waals surface area contributed by atoms with Crippen molar-refractivity contribution < 1.29 is 8.78 Å². The van der Waals surface area contributed by atoms with Crippen LogP contribution in [0.25, 0.3) is 11.0 Å². The number of H-pyrrole nitrogens is 1. The summed E-state index contributed by atoms with van der Waals surface area (Å²) >= 11 is 10.1. The van der Waals surface area contributed by atoms with Gasteiger partial charge in [0.05, 0.1) is 12.1 Å². The average Bonchev–Trinajstić information content (AvgIpc) is 2.90. The van der Waals surface area contributed by atoms with E-state index in [0.29, 0.717) is 16.8 Å². The van der Waals surface area contributed by atoms with Gasteiger partial charge in [-0.3, -0.25) is 0 Å². The largest absolute Gasteiger partial charge is 0.330 e. The van der Waals surface area contributed by atoms with E-state index in [2.05, 4.69) is 20.9 Å². The summed E-state index contributed by atoms with van der Waals surface area (Å²) in [7, 11) is 0. The number of thiophene rings is 1. The maximum absolute atomic E-state index is 13.9. The van der Waals surface area contributed by atoms with Crippen LogP contribution in [-0.4, -0.2) is 9.55 Å². The van der Waals surface area contributed by atoms with Gasteiger partial charge in [0.25, 0.3) is 0 Å². The van der Waals surface area contributed by atoms with Gasteiger partial charge in [-0.25, -0.2) is 8.78 Å². The molecule has 2 aromatic heterocycles. The fourth-order valence-electron chi connectivity index (χ4n) is 1.93. The van der Waals surface area contributed by atoms with Crippen LogP contribution in [0, 0.1) is 16.4 Å². The molecule has 3 rings (SSSR count). The molecule has 2 heterocycles. The van der Waals surface area contributed by atoms with E-state index in [1.54, 1.807) is 4.57 Å². The van der Waals surface area contributed by atoms with Gasteiger partial charge < -0.3 is 9.55 Å².